The smallest absolute Gasteiger partial charge is 0.327 e. The van der Waals surface area contributed by atoms with Crippen LogP contribution in [0.25, 0.3) is 0 Å². The molecule has 0 spiro atoms. The van der Waals surface area contributed by atoms with Crippen LogP contribution in [0.5, 0.6) is 0 Å². The van der Waals surface area contributed by atoms with Gasteiger partial charge in [0.1, 0.15) is 5.02 Å². The summed E-state index contributed by atoms with van der Waals surface area (Å²) < 4.78 is 61.2. The summed E-state index contributed by atoms with van der Waals surface area (Å²) >= 11 is 5.03. The number of rotatable bonds is 1. The lowest BCUT2D eigenvalue weighted by molar-refractivity contribution is -0.139. The van der Waals surface area contributed by atoms with Crippen molar-refractivity contribution in [2.45, 2.75) is 12.6 Å². The Hall–Kier alpha value is -1.11. The minimum absolute atomic E-state index is 0.307. The highest BCUT2D eigenvalue weighted by molar-refractivity contribution is 6.31. The molecule has 0 saturated carbocycles. The molecule has 0 fully saturated rings. The SMILES string of the molecule is O=c1[nH]cc(C(F)F)c(C(F)(F)F)c1Cl. The maximum absolute atomic E-state index is 12.3. The summed E-state index contributed by atoms with van der Waals surface area (Å²) in [6.45, 7) is 0. The molecule has 1 aromatic heterocycles. The molecular weight excluding hydrogens is 245 g/mol. The largest absolute Gasteiger partial charge is 0.418 e. The molecule has 1 heterocycles. The average Bonchev–Trinajstić information content (AvgIpc) is 2.06. The van der Waals surface area contributed by atoms with Gasteiger partial charge in [0.25, 0.3) is 12.0 Å². The van der Waals surface area contributed by atoms with E-state index in [4.69, 9.17) is 11.6 Å². The predicted octanol–water partition coefficient (Wildman–Crippen LogP) is 2.98. The fourth-order valence-electron chi connectivity index (χ4n) is 0.979. The van der Waals surface area contributed by atoms with Crippen LogP contribution in [0, 0.1) is 0 Å². The Morgan fingerprint density at radius 1 is 1.33 bits per heavy atom. The van der Waals surface area contributed by atoms with Gasteiger partial charge in [0.15, 0.2) is 0 Å². The second-order valence-electron chi connectivity index (χ2n) is 2.56. The molecule has 2 nitrogen and oxygen atoms in total. The maximum Gasteiger partial charge on any atom is 0.418 e. The van der Waals surface area contributed by atoms with Gasteiger partial charge in [0.05, 0.1) is 5.56 Å². The zero-order chi connectivity index (χ0) is 11.8. The van der Waals surface area contributed by atoms with Crippen molar-refractivity contribution < 1.29 is 22.0 Å². The van der Waals surface area contributed by atoms with Crippen molar-refractivity contribution >= 4 is 11.6 Å². The monoisotopic (exact) mass is 247 g/mol. The Bertz CT molecular complexity index is 424. The predicted molar refractivity (Wildman–Crippen MR) is 42.0 cm³/mol. The van der Waals surface area contributed by atoms with Crippen molar-refractivity contribution in [1.82, 2.24) is 4.98 Å². The standard InChI is InChI=1S/C7H3ClF5NO/c8-4-3(7(11,12)13)2(5(9)10)1-14-6(4)15/h1,5H,(H,14,15). The number of hydrogen-bond donors (Lipinski definition) is 1. The van der Waals surface area contributed by atoms with Gasteiger partial charge in [-0.05, 0) is 0 Å². The molecule has 0 aliphatic rings. The maximum atomic E-state index is 12.3. The molecule has 84 valence electrons. The van der Waals surface area contributed by atoms with E-state index < -0.39 is 34.3 Å². The Balaban J connectivity index is 3.57. The molecule has 0 atom stereocenters. The minimum Gasteiger partial charge on any atom is -0.327 e. The zero-order valence-corrected chi connectivity index (χ0v) is 7.59. The van der Waals surface area contributed by atoms with Gasteiger partial charge in [-0.3, -0.25) is 4.79 Å². The number of hydrogen-bond acceptors (Lipinski definition) is 1. The van der Waals surface area contributed by atoms with E-state index >= 15 is 0 Å². The highest BCUT2D eigenvalue weighted by Crippen LogP contribution is 2.38. The molecule has 0 saturated heterocycles. The fourth-order valence-corrected chi connectivity index (χ4v) is 1.25. The first-order chi connectivity index (χ1) is 6.75. The number of pyridine rings is 1. The van der Waals surface area contributed by atoms with Crippen molar-refractivity contribution in [1.29, 1.82) is 0 Å². The number of nitrogens with one attached hydrogen (secondary N) is 1. The Labute approximate surface area is 84.7 Å². The Morgan fingerprint density at radius 2 is 1.87 bits per heavy atom. The summed E-state index contributed by atoms with van der Waals surface area (Å²) in [5, 5.41) is -1.28. The van der Waals surface area contributed by atoms with E-state index in [-0.39, 0.29) is 0 Å². The molecule has 0 aromatic carbocycles. The van der Waals surface area contributed by atoms with E-state index in [9.17, 15) is 26.7 Å². The molecule has 0 aliphatic heterocycles. The van der Waals surface area contributed by atoms with Crippen LogP contribution in [0.4, 0.5) is 22.0 Å². The molecular formula is C7H3ClF5NO. The Morgan fingerprint density at radius 3 is 2.27 bits per heavy atom. The lowest BCUT2D eigenvalue weighted by atomic mass is 10.1. The van der Waals surface area contributed by atoms with Gasteiger partial charge in [-0.25, -0.2) is 8.78 Å². The van der Waals surface area contributed by atoms with Gasteiger partial charge < -0.3 is 4.98 Å². The van der Waals surface area contributed by atoms with E-state index in [1.807, 2.05) is 0 Å². The molecule has 1 N–H and O–H groups in total. The summed E-state index contributed by atoms with van der Waals surface area (Å²) in [5.74, 6) is 0. The van der Waals surface area contributed by atoms with E-state index in [0.717, 1.165) is 0 Å². The summed E-state index contributed by atoms with van der Waals surface area (Å²) in [5.41, 5.74) is -4.39. The lowest BCUT2D eigenvalue weighted by Crippen LogP contribution is -2.18. The van der Waals surface area contributed by atoms with Gasteiger partial charge >= 0.3 is 6.18 Å². The van der Waals surface area contributed by atoms with Crippen LogP contribution >= 0.6 is 11.6 Å². The van der Waals surface area contributed by atoms with E-state index in [1.54, 1.807) is 4.98 Å². The zero-order valence-electron chi connectivity index (χ0n) is 6.83. The first-order valence-corrected chi connectivity index (χ1v) is 3.89. The third-order valence-corrected chi connectivity index (χ3v) is 1.95. The van der Waals surface area contributed by atoms with Crippen LogP contribution in [0.2, 0.25) is 5.02 Å². The molecule has 0 bridgehead atoms. The van der Waals surface area contributed by atoms with Crippen molar-refractivity contribution in [3.63, 3.8) is 0 Å². The number of H-pyrrole nitrogens is 1. The van der Waals surface area contributed by atoms with Crippen molar-refractivity contribution in [2.75, 3.05) is 0 Å². The second kappa shape index (κ2) is 3.80. The first-order valence-electron chi connectivity index (χ1n) is 3.51. The van der Waals surface area contributed by atoms with E-state index in [0.29, 0.717) is 6.20 Å². The van der Waals surface area contributed by atoms with Crippen LogP contribution in [-0.2, 0) is 6.18 Å². The summed E-state index contributed by atoms with van der Waals surface area (Å²) in [7, 11) is 0. The molecule has 0 amide bonds. The van der Waals surface area contributed by atoms with Crippen LogP contribution in [0.3, 0.4) is 0 Å². The molecule has 0 aliphatic carbocycles. The minimum atomic E-state index is -5.09. The van der Waals surface area contributed by atoms with Crippen LogP contribution in [-0.4, -0.2) is 4.98 Å². The van der Waals surface area contributed by atoms with Gasteiger partial charge in [-0.2, -0.15) is 13.2 Å². The first kappa shape index (κ1) is 12.0. The number of aromatic amines is 1. The van der Waals surface area contributed by atoms with E-state index in [2.05, 4.69) is 0 Å². The molecule has 8 heteroatoms. The van der Waals surface area contributed by atoms with Crippen molar-refractivity contribution in [3.8, 4) is 0 Å². The summed E-state index contributed by atoms with van der Waals surface area (Å²) in [4.78, 5) is 12.4. The Kier molecular flexibility index (Phi) is 3.03. The van der Waals surface area contributed by atoms with Crippen LogP contribution in [0.15, 0.2) is 11.0 Å². The van der Waals surface area contributed by atoms with Crippen molar-refractivity contribution in [2.24, 2.45) is 0 Å². The number of aromatic nitrogens is 1. The highest BCUT2D eigenvalue weighted by atomic mass is 35.5. The van der Waals surface area contributed by atoms with Crippen LogP contribution < -0.4 is 5.56 Å². The lowest BCUT2D eigenvalue weighted by Gasteiger charge is -2.12. The molecule has 1 aromatic rings. The third kappa shape index (κ3) is 2.28. The van der Waals surface area contributed by atoms with Gasteiger partial charge in [-0.15, -0.1) is 0 Å². The third-order valence-electron chi connectivity index (χ3n) is 1.58. The normalized spacial score (nSPS) is 12.2. The van der Waals surface area contributed by atoms with Gasteiger partial charge in [0.2, 0.25) is 0 Å². The number of alkyl halides is 5. The fraction of sp³-hybridized carbons (Fsp3) is 0.286. The van der Waals surface area contributed by atoms with E-state index in [1.165, 1.54) is 0 Å². The quantitative estimate of drug-likeness (QED) is 0.761. The van der Waals surface area contributed by atoms with Crippen LogP contribution in [0.1, 0.15) is 17.6 Å². The summed E-state index contributed by atoms with van der Waals surface area (Å²) in [6, 6.07) is 0. The van der Waals surface area contributed by atoms with Crippen molar-refractivity contribution in [3.05, 3.63) is 32.7 Å². The number of halogens is 6. The van der Waals surface area contributed by atoms with Gasteiger partial charge in [-0.1, -0.05) is 11.6 Å². The van der Waals surface area contributed by atoms with Gasteiger partial charge in [0, 0.05) is 11.8 Å². The molecule has 0 unspecified atom stereocenters. The second-order valence-corrected chi connectivity index (χ2v) is 2.94. The average molecular weight is 248 g/mol. The summed E-state index contributed by atoms with van der Waals surface area (Å²) in [6.07, 6.45) is -8.14. The topological polar surface area (TPSA) is 32.9 Å². The molecule has 1 rings (SSSR count). The molecule has 15 heavy (non-hydrogen) atoms. The highest BCUT2D eigenvalue weighted by Gasteiger charge is 2.39. The molecule has 0 radical (unpaired) electrons.